The van der Waals surface area contributed by atoms with Crippen molar-refractivity contribution in [3.8, 4) is 0 Å². The second kappa shape index (κ2) is 6.20. The van der Waals surface area contributed by atoms with Gasteiger partial charge in [-0.05, 0) is 32.4 Å². The SMILES string of the molecule is O=C(C1CNCCN1)N1CCC(N2CCCCC2)C1. The van der Waals surface area contributed by atoms with Gasteiger partial charge < -0.3 is 15.5 Å². The van der Waals surface area contributed by atoms with Crippen LogP contribution in [-0.4, -0.2) is 73.6 Å². The molecule has 0 saturated carbocycles. The monoisotopic (exact) mass is 266 g/mol. The third-order valence-corrected chi connectivity index (χ3v) is 4.72. The van der Waals surface area contributed by atoms with E-state index in [2.05, 4.69) is 20.4 Å². The molecule has 3 fully saturated rings. The summed E-state index contributed by atoms with van der Waals surface area (Å²) in [7, 11) is 0. The highest BCUT2D eigenvalue weighted by atomic mass is 16.2. The van der Waals surface area contributed by atoms with Gasteiger partial charge in [-0.2, -0.15) is 0 Å². The number of carbonyl (C=O) groups excluding carboxylic acids is 1. The summed E-state index contributed by atoms with van der Waals surface area (Å²) in [4.78, 5) is 17.1. The van der Waals surface area contributed by atoms with E-state index < -0.39 is 0 Å². The van der Waals surface area contributed by atoms with Crippen molar-refractivity contribution in [3.63, 3.8) is 0 Å². The number of hydrogen-bond acceptors (Lipinski definition) is 4. The van der Waals surface area contributed by atoms with Gasteiger partial charge in [0, 0.05) is 38.8 Å². The molecule has 108 valence electrons. The number of hydrogen-bond donors (Lipinski definition) is 2. The Morgan fingerprint density at radius 1 is 1.05 bits per heavy atom. The molecule has 5 nitrogen and oxygen atoms in total. The van der Waals surface area contributed by atoms with Crippen LogP contribution in [0.3, 0.4) is 0 Å². The average molecular weight is 266 g/mol. The standard InChI is InChI=1S/C14H26N4O/c19-14(13-10-15-5-6-16-13)18-9-4-12(11-18)17-7-2-1-3-8-17/h12-13,15-16H,1-11H2. The first kappa shape index (κ1) is 13.3. The lowest BCUT2D eigenvalue weighted by molar-refractivity contribution is -0.132. The predicted octanol–water partition coefficient (Wildman–Crippen LogP) is -0.365. The Kier molecular flexibility index (Phi) is 4.35. The molecule has 0 spiro atoms. The van der Waals surface area contributed by atoms with Crippen molar-refractivity contribution in [2.24, 2.45) is 0 Å². The minimum atomic E-state index is -0.00569. The van der Waals surface area contributed by atoms with Crippen LogP contribution in [0.25, 0.3) is 0 Å². The summed E-state index contributed by atoms with van der Waals surface area (Å²) in [6.07, 6.45) is 5.20. The molecule has 3 rings (SSSR count). The molecule has 0 aromatic carbocycles. The quantitative estimate of drug-likeness (QED) is 0.716. The third-order valence-electron chi connectivity index (χ3n) is 4.72. The van der Waals surface area contributed by atoms with E-state index in [1.165, 1.54) is 32.4 Å². The summed E-state index contributed by atoms with van der Waals surface area (Å²) in [5.74, 6) is 0.298. The fourth-order valence-corrected chi connectivity index (χ4v) is 3.57. The first-order valence-corrected chi connectivity index (χ1v) is 7.81. The Morgan fingerprint density at radius 3 is 2.63 bits per heavy atom. The van der Waals surface area contributed by atoms with Crippen LogP contribution >= 0.6 is 0 Å². The second-order valence-corrected chi connectivity index (χ2v) is 6.03. The van der Waals surface area contributed by atoms with E-state index in [0.29, 0.717) is 11.9 Å². The van der Waals surface area contributed by atoms with Crippen molar-refractivity contribution in [2.75, 3.05) is 45.8 Å². The van der Waals surface area contributed by atoms with Gasteiger partial charge in [-0.3, -0.25) is 9.69 Å². The number of piperidine rings is 1. The van der Waals surface area contributed by atoms with Crippen molar-refractivity contribution < 1.29 is 4.79 Å². The van der Waals surface area contributed by atoms with Gasteiger partial charge in [-0.15, -0.1) is 0 Å². The Morgan fingerprint density at radius 2 is 1.89 bits per heavy atom. The number of nitrogens with one attached hydrogen (secondary N) is 2. The van der Waals surface area contributed by atoms with E-state index in [1.807, 2.05) is 0 Å². The van der Waals surface area contributed by atoms with Crippen LogP contribution in [0.4, 0.5) is 0 Å². The van der Waals surface area contributed by atoms with Crippen LogP contribution in [0.2, 0.25) is 0 Å². The molecule has 2 unspecified atom stereocenters. The van der Waals surface area contributed by atoms with E-state index in [-0.39, 0.29) is 6.04 Å². The van der Waals surface area contributed by atoms with E-state index in [4.69, 9.17) is 0 Å². The Labute approximate surface area is 115 Å². The zero-order chi connectivity index (χ0) is 13.1. The molecule has 0 aliphatic carbocycles. The van der Waals surface area contributed by atoms with Crippen LogP contribution in [0, 0.1) is 0 Å². The molecule has 0 radical (unpaired) electrons. The minimum Gasteiger partial charge on any atom is -0.340 e. The third kappa shape index (κ3) is 3.09. The molecule has 1 amide bonds. The number of amides is 1. The summed E-state index contributed by atoms with van der Waals surface area (Å²) >= 11 is 0. The maximum atomic E-state index is 12.4. The number of piperazine rings is 1. The highest BCUT2D eigenvalue weighted by Crippen LogP contribution is 2.20. The van der Waals surface area contributed by atoms with E-state index in [9.17, 15) is 4.79 Å². The number of carbonyl (C=O) groups is 1. The normalized spacial score (nSPS) is 33.6. The van der Waals surface area contributed by atoms with E-state index in [1.54, 1.807) is 0 Å². The van der Waals surface area contributed by atoms with Crippen LogP contribution in [-0.2, 0) is 4.79 Å². The average Bonchev–Trinajstić information content (AvgIpc) is 2.98. The Hall–Kier alpha value is -0.650. The summed E-state index contributed by atoms with van der Waals surface area (Å²) in [5.41, 5.74) is 0. The van der Waals surface area contributed by atoms with Gasteiger partial charge in [-0.25, -0.2) is 0 Å². The molecule has 5 heteroatoms. The molecule has 2 N–H and O–H groups in total. The highest BCUT2D eigenvalue weighted by Gasteiger charge is 2.34. The summed E-state index contributed by atoms with van der Waals surface area (Å²) in [6, 6.07) is 0.606. The number of nitrogens with zero attached hydrogens (tertiary/aromatic N) is 2. The van der Waals surface area contributed by atoms with Gasteiger partial charge in [-0.1, -0.05) is 6.42 Å². The molecule has 3 aliphatic heterocycles. The van der Waals surface area contributed by atoms with Crippen molar-refractivity contribution in [3.05, 3.63) is 0 Å². The van der Waals surface area contributed by atoms with Crippen LogP contribution in [0.5, 0.6) is 0 Å². The molecular weight excluding hydrogens is 240 g/mol. The molecule has 3 heterocycles. The number of likely N-dealkylation sites (tertiary alicyclic amines) is 2. The Balaban J connectivity index is 1.51. The fourth-order valence-electron chi connectivity index (χ4n) is 3.57. The molecule has 2 atom stereocenters. The second-order valence-electron chi connectivity index (χ2n) is 6.03. The topological polar surface area (TPSA) is 47.6 Å². The van der Waals surface area contributed by atoms with Crippen molar-refractivity contribution in [2.45, 2.75) is 37.8 Å². The highest BCUT2D eigenvalue weighted by molar-refractivity contribution is 5.82. The molecule has 3 saturated heterocycles. The lowest BCUT2D eigenvalue weighted by atomic mass is 10.1. The lowest BCUT2D eigenvalue weighted by Gasteiger charge is -2.33. The van der Waals surface area contributed by atoms with Gasteiger partial charge in [0.25, 0.3) is 0 Å². The van der Waals surface area contributed by atoms with Crippen LogP contribution in [0.15, 0.2) is 0 Å². The van der Waals surface area contributed by atoms with Gasteiger partial charge in [0.15, 0.2) is 0 Å². The fraction of sp³-hybridized carbons (Fsp3) is 0.929. The first-order valence-electron chi connectivity index (χ1n) is 7.81. The van der Waals surface area contributed by atoms with E-state index in [0.717, 1.165) is 39.1 Å². The molecule has 0 aromatic heterocycles. The predicted molar refractivity (Wildman–Crippen MR) is 75.1 cm³/mol. The number of rotatable bonds is 2. The zero-order valence-corrected chi connectivity index (χ0v) is 11.7. The van der Waals surface area contributed by atoms with Gasteiger partial charge >= 0.3 is 0 Å². The maximum absolute atomic E-state index is 12.4. The van der Waals surface area contributed by atoms with Gasteiger partial charge in [0.2, 0.25) is 5.91 Å². The molecule has 19 heavy (non-hydrogen) atoms. The van der Waals surface area contributed by atoms with Crippen molar-refractivity contribution >= 4 is 5.91 Å². The smallest absolute Gasteiger partial charge is 0.241 e. The van der Waals surface area contributed by atoms with E-state index >= 15 is 0 Å². The van der Waals surface area contributed by atoms with Crippen LogP contribution < -0.4 is 10.6 Å². The lowest BCUT2D eigenvalue weighted by Crippen LogP contribution is -2.56. The Bertz CT molecular complexity index is 311. The van der Waals surface area contributed by atoms with Crippen molar-refractivity contribution in [1.29, 1.82) is 0 Å². The molecule has 3 aliphatic rings. The largest absolute Gasteiger partial charge is 0.340 e. The van der Waals surface area contributed by atoms with Gasteiger partial charge in [0.1, 0.15) is 0 Å². The van der Waals surface area contributed by atoms with Crippen LogP contribution in [0.1, 0.15) is 25.7 Å². The summed E-state index contributed by atoms with van der Waals surface area (Å²) in [6.45, 7) is 7.00. The van der Waals surface area contributed by atoms with Gasteiger partial charge in [0.05, 0.1) is 6.04 Å². The minimum absolute atomic E-state index is 0.00569. The molecular formula is C14H26N4O. The molecule has 0 aromatic rings. The summed E-state index contributed by atoms with van der Waals surface area (Å²) < 4.78 is 0. The summed E-state index contributed by atoms with van der Waals surface area (Å²) in [5, 5.41) is 6.62. The zero-order valence-electron chi connectivity index (χ0n) is 11.7. The molecule has 0 bridgehead atoms. The first-order chi connectivity index (χ1) is 9.34. The maximum Gasteiger partial charge on any atom is 0.241 e. The van der Waals surface area contributed by atoms with Crippen molar-refractivity contribution in [1.82, 2.24) is 20.4 Å².